The van der Waals surface area contributed by atoms with Crippen molar-refractivity contribution in [1.29, 1.82) is 0 Å². The third kappa shape index (κ3) is 5.26. The van der Waals surface area contributed by atoms with Crippen LogP contribution in [0.4, 0.5) is 11.5 Å². The van der Waals surface area contributed by atoms with Crippen LogP contribution in [0, 0.1) is 0 Å². The van der Waals surface area contributed by atoms with Crippen molar-refractivity contribution in [3.63, 3.8) is 0 Å². The number of furan rings is 1. The number of ether oxygens (including phenoxy) is 1. The first-order chi connectivity index (χ1) is 12.2. The average molecular weight is 358 g/mol. The van der Waals surface area contributed by atoms with Crippen LogP contribution in [0.3, 0.4) is 0 Å². The maximum Gasteiger partial charge on any atom is 0.263 e. The van der Waals surface area contributed by atoms with Gasteiger partial charge < -0.3 is 19.8 Å². The molecule has 3 rings (SSSR count). The molecule has 0 spiro atoms. The Balaban J connectivity index is 1.45. The molecule has 25 heavy (non-hydrogen) atoms. The molecule has 0 atom stereocenters. The van der Waals surface area contributed by atoms with E-state index in [1.54, 1.807) is 42.8 Å². The lowest BCUT2D eigenvalue weighted by Crippen LogP contribution is -2.20. The minimum absolute atomic E-state index is 0.109. The minimum atomic E-state index is -0.293. The summed E-state index contributed by atoms with van der Waals surface area (Å²) in [6.07, 6.45) is 3.26. The number of rotatable bonds is 7. The highest BCUT2D eigenvalue weighted by Crippen LogP contribution is 2.16. The fraction of sp³-hybridized carbons (Fsp3) is 0.111. The van der Waals surface area contributed by atoms with E-state index in [1.165, 1.54) is 0 Å². The van der Waals surface area contributed by atoms with Crippen molar-refractivity contribution in [2.45, 2.75) is 6.54 Å². The topological polar surface area (TPSA) is 76.4 Å². The molecule has 6 nitrogen and oxygen atoms in total. The van der Waals surface area contributed by atoms with Crippen molar-refractivity contribution >= 4 is 29.0 Å². The lowest BCUT2D eigenvalue weighted by Gasteiger charge is -2.08. The van der Waals surface area contributed by atoms with Crippen LogP contribution in [0.15, 0.2) is 65.4 Å². The number of nitrogens with one attached hydrogen (secondary N) is 2. The smallest absolute Gasteiger partial charge is 0.263 e. The molecular formula is C18H16ClN3O3. The number of benzene rings is 1. The average Bonchev–Trinajstić information content (AvgIpc) is 3.14. The summed E-state index contributed by atoms with van der Waals surface area (Å²) in [6.45, 7) is 0.455. The molecule has 7 heteroatoms. The molecule has 2 heterocycles. The number of amides is 1. The predicted molar refractivity (Wildman–Crippen MR) is 95.8 cm³/mol. The summed E-state index contributed by atoms with van der Waals surface area (Å²) in [5, 5.41) is 6.46. The zero-order valence-electron chi connectivity index (χ0n) is 13.2. The van der Waals surface area contributed by atoms with Crippen LogP contribution >= 0.6 is 11.6 Å². The number of pyridine rings is 1. The van der Waals surface area contributed by atoms with E-state index in [4.69, 9.17) is 20.8 Å². The van der Waals surface area contributed by atoms with Crippen molar-refractivity contribution in [2.75, 3.05) is 17.2 Å². The first-order valence-corrected chi connectivity index (χ1v) is 7.97. The van der Waals surface area contributed by atoms with Crippen LogP contribution in [0.2, 0.25) is 5.02 Å². The third-order valence-corrected chi connectivity index (χ3v) is 3.51. The molecule has 0 saturated heterocycles. The van der Waals surface area contributed by atoms with Gasteiger partial charge in [0.15, 0.2) is 6.61 Å². The van der Waals surface area contributed by atoms with Crippen LogP contribution in [0.25, 0.3) is 0 Å². The molecule has 2 aromatic heterocycles. The van der Waals surface area contributed by atoms with Gasteiger partial charge in [0.05, 0.1) is 24.7 Å². The van der Waals surface area contributed by atoms with Gasteiger partial charge in [0.2, 0.25) is 0 Å². The summed E-state index contributed by atoms with van der Waals surface area (Å²) in [6, 6.07) is 14.1. The van der Waals surface area contributed by atoms with Gasteiger partial charge in [0.25, 0.3) is 5.91 Å². The zero-order chi connectivity index (χ0) is 17.5. The number of aromatic nitrogens is 1. The minimum Gasteiger partial charge on any atom is -0.484 e. The zero-order valence-corrected chi connectivity index (χ0v) is 14.0. The number of halogens is 1. The summed E-state index contributed by atoms with van der Waals surface area (Å²) in [4.78, 5) is 16.1. The van der Waals surface area contributed by atoms with Gasteiger partial charge in [-0.2, -0.15) is 0 Å². The van der Waals surface area contributed by atoms with E-state index in [-0.39, 0.29) is 12.5 Å². The second-order valence-corrected chi connectivity index (χ2v) is 5.59. The van der Waals surface area contributed by atoms with Crippen LogP contribution in [0.5, 0.6) is 5.75 Å². The number of nitrogens with zero attached hydrogens (tertiary/aromatic N) is 1. The van der Waals surface area contributed by atoms with Crippen molar-refractivity contribution in [3.05, 3.63) is 71.8 Å². The summed E-state index contributed by atoms with van der Waals surface area (Å²) in [5.74, 6) is 1.56. The van der Waals surface area contributed by atoms with Crippen molar-refractivity contribution in [2.24, 2.45) is 0 Å². The molecule has 0 aliphatic rings. The monoisotopic (exact) mass is 357 g/mol. The first kappa shape index (κ1) is 16.9. The molecule has 0 fully saturated rings. The van der Waals surface area contributed by atoms with E-state index in [1.807, 2.05) is 18.2 Å². The number of hydrogen-bond donors (Lipinski definition) is 2. The van der Waals surface area contributed by atoms with Crippen molar-refractivity contribution in [1.82, 2.24) is 4.98 Å². The maximum absolute atomic E-state index is 11.9. The first-order valence-electron chi connectivity index (χ1n) is 7.59. The molecule has 0 aliphatic carbocycles. The number of anilines is 2. The van der Waals surface area contributed by atoms with Gasteiger partial charge in [0, 0.05) is 5.02 Å². The Morgan fingerprint density at radius 3 is 2.68 bits per heavy atom. The van der Waals surface area contributed by atoms with Crippen LogP contribution < -0.4 is 15.4 Å². The highest BCUT2D eigenvalue weighted by molar-refractivity contribution is 6.30. The van der Waals surface area contributed by atoms with Gasteiger partial charge in [-0.05, 0) is 48.5 Å². The molecule has 128 valence electrons. The Morgan fingerprint density at radius 1 is 1.16 bits per heavy atom. The Morgan fingerprint density at radius 2 is 2.00 bits per heavy atom. The van der Waals surface area contributed by atoms with Crippen LogP contribution in [-0.2, 0) is 11.3 Å². The summed E-state index contributed by atoms with van der Waals surface area (Å²) >= 11 is 5.79. The van der Waals surface area contributed by atoms with Crippen LogP contribution in [0.1, 0.15) is 5.76 Å². The van der Waals surface area contributed by atoms with Gasteiger partial charge in [-0.1, -0.05) is 11.6 Å². The van der Waals surface area contributed by atoms with Gasteiger partial charge >= 0.3 is 0 Å². The molecule has 1 aromatic carbocycles. The lowest BCUT2D eigenvalue weighted by molar-refractivity contribution is -0.118. The third-order valence-electron chi connectivity index (χ3n) is 3.26. The van der Waals surface area contributed by atoms with E-state index in [0.29, 0.717) is 23.1 Å². The highest BCUT2D eigenvalue weighted by Gasteiger charge is 2.05. The summed E-state index contributed by atoms with van der Waals surface area (Å²) < 4.78 is 10.6. The van der Waals surface area contributed by atoms with Gasteiger partial charge in [-0.3, -0.25) is 4.79 Å². The second kappa shape index (κ2) is 8.21. The molecule has 0 saturated carbocycles. The fourth-order valence-corrected chi connectivity index (χ4v) is 2.16. The number of carbonyl (C=O) groups is 1. The normalized spacial score (nSPS) is 10.3. The van der Waals surface area contributed by atoms with Crippen molar-refractivity contribution in [3.8, 4) is 5.75 Å². The highest BCUT2D eigenvalue weighted by atomic mass is 35.5. The van der Waals surface area contributed by atoms with Crippen LogP contribution in [-0.4, -0.2) is 17.5 Å². The summed E-state index contributed by atoms with van der Waals surface area (Å²) in [7, 11) is 0. The molecular weight excluding hydrogens is 342 g/mol. The van der Waals surface area contributed by atoms with Gasteiger partial charge in [-0.25, -0.2) is 4.98 Å². The molecule has 1 amide bonds. The maximum atomic E-state index is 11.9. The Kier molecular flexibility index (Phi) is 5.53. The largest absolute Gasteiger partial charge is 0.484 e. The summed E-state index contributed by atoms with van der Waals surface area (Å²) in [5.41, 5.74) is 0.826. The molecule has 2 N–H and O–H groups in total. The second-order valence-electron chi connectivity index (χ2n) is 5.16. The molecule has 0 unspecified atom stereocenters. The Labute approximate surface area is 149 Å². The van der Waals surface area contributed by atoms with E-state index in [0.717, 1.165) is 11.4 Å². The van der Waals surface area contributed by atoms with Gasteiger partial charge in [-0.15, -0.1) is 0 Å². The number of hydrogen-bond acceptors (Lipinski definition) is 5. The fourth-order valence-electron chi connectivity index (χ4n) is 2.03. The van der Waals surface area contributed by atoms with E-state index in [9.17, 15) is 4.79 Å². The van der Waals surface area contributed by atoms with E-state index >= 15 is 0 Å². The predicted octanol–water partition coefficient (Wildman–Crippen LogP) is 3.96. The van der Waals surface area contributed by atoms with E-state index < -0.39 is 0 Å². The molecule has 0 aliphatic heterocycles. The standard InChI is InChI=1S/C18H16ClN3O3/c19-13-3-6-15(7-4-13)25-12-18(23)22-17-8-5-14(10-21-17)20-11-16-2-1-9-24-16/h1-10,20H,11-12H2,(H,21,22,23). The lowest BCUT2D eigenvalue weighted by atomic mass is 10.3. The van der Waals surface area contributed by atoms with Crippen molar-refractivity contribution < 1.29 is 13.9 Å². The molecule has 0 radical (unpaired) electrons. The Bertz CT molecular complexity index is 803. The number of carbonyl (C=O) groups excluding carboxylic acids is 1. The quantitative estimate of drug-likeness (QED) is 0.669. The van der Waals surface area contributed by atoms with E-state index in [2.05, 4.69) is 15.6 Å². The molecule has 0 bridgehead atoms. The SMILES string of the molecule is O=C(COc1ccc(Cl)cc1)Nc1ccc(NCc2ccco2)cn1. The Hall–Kier alpha value is -2.99. The van der Waals surface area contributed by atoms with Gasteiger partial charge in [0.1, 0.15) is 17.3 Å². The molecule has 3 aromatic rings.